The van der Waals surface area contributed by atoms with Gasteiger partial charge in [0.1, 0.15) is 17.7 Å². The van der Waals surface area contributed by atoms with Gasteiger partial charge in [-0.3, -0.25) is 0 Å². The normalized spacial score (nSPS) is 39.4. The number of fused-ring (bicyclic) bond motifs is 7. The van der Waals surface area contributed by atoms with Crippen LogP contribution in [0.1, 0.15) is 110 Å². The molecule has 6 rings (SSSR count). The fourth-order valence-electron chi connectivity index (χ4n) is 11.4. The summed E-state index contributed by atoms with van der Waals surface area (Å²) in [5.41, 5.74) is -0.773. The second kappa shape index (κ2) is 12.3. The second-order valence-electron chi connectivity index (χ2n) is 16.4. The van der Waals surface area contributed by atoms with Crippen molar-refractivity contribution in [1.82, 2.24) is 0 Å². The number of carbonyl (C=O) groups excluding carboxylic acids is 1. The molecule has 5 nitrogen and oxygen atoms in total. The van der Waals surface area contributed by atoms with Crippen molar-refractivity contribution in [2.45, 2.75) is 135 Å². The van der Waals surface area contributed by atoms with E-state index in [0.717, 1.165) is 44.6 Å². The van der Waals surface area contributed by atoms with Crippen LogP contribution in [-0.4, -0.2) is 43.2 Å². The van der Waals surface area contributed by atoms with Gasteiger partial charge in [0.05, 0.1) is 24.9 Å². The van der Waals surface area contributed by atoms with Gasteiger partial charge < -0.3 is 18.9 Å². The lowest BCUT2D eigenvalue weighted by molar-refractivity contribution is -0.252. The smallest absolute Gasteiger partial charge is 0.490 e. The fourth-order valence-corrected chi connectivity index (χ4v) is 11.4. The summed E-state index contributed by atoms with van der Waals surface area (Å²) in [7, 11) is 1.27. The third-order valence-corrected chi connectivity index (χ3v) is 13.5. The van der Waals surface area contributed by atoms with E-state index in [1.54, 1.807) is 0 Å². The molecule has 5 aliphatic rings. The third-order valence-electron chi connectivity index (χ3n) is 13.5. The minimum atomic E-state index is -5.23. The summed E-state index contributed by atoms with van der Waals surface area (Å²) in [5.74, 6) is -7.77. The monoisotopic (exact) mass is 688 g/mol. The predicted octanol–water partition coefficient (Wildman–Crippen LogP) is 9.82. The van der Waals surface area contributed by atoms with Crippen molar-refractivity contribution >= 4 is 5.97 Å². The first-order valence-electron chi connectivity index (χ1n) is 17.7. The summed E-state index contributed by atoms with van der Waals surface area (Å²) in [5, 5.41) is 0. The fraction of sp³-hybridized carbons (Fsp3) is 0.811. The van der Waals surface area contributed by atoms with Gasteiger partial charge in [0, 0.05) is 12.3 Å². The lowest BCUT2D eigenvalue weighted by Gasteiger charge is -2.63. The number of carbonyl (C=O) groups is 1. The lowest BCUT2D eigenvalue weighted by atomic mass is 9.43. The van der Waals surface area contributed by atoms with Crippen LogP contribution in [0.15, 0.2) is 18.2 Å². The van der Waals surface area contributed by atoms with Crippen molar-refractivity contribution in [3.8, 4) is 5.75 Å². The average molecular weight is 689 g/mol. The highest BCUT2D eigenvalue weighted by molar-refractivity contribution is 5.76. The number of halogens is 6. The predicted molar refractivity (Wildman–Crippen MR) is 166 cm³/mol. The molecule has 270 valence electrons. The van der Waals surface area contributed by atoms with Gasteiger partial charge in [-0.05, 0) is 118 Å². The Balaban J connectivity index is 1.16. The molecule has 4 aliphatic carbocycles. The Morgan fingerprint density at radius 2 is 1.65 bits per heavy atom. The summed E-state index contributed by atoms with van der Waals surface area (Å²) in [4.78, 5) is 11.8. The summed E-state index contributed by atoms with van der Waals surface area (Å²) in [6.45, 7) is 10.2. The van der Waals surface area contributed by atoms with E-state index in [4.69, 9.17) is 18.9 Å². The molecule has 1 aromatic carbocycles. The van der Waals surface area contributed by atoms with Gasteiger partial charge in [-0.25, -0.2) is 18.0 Å². The number of methoxy groups -OCH3 is 1. The van der Waals surface area contributed by atoms with Crippen molar-refractivity contribution in [1.29, 1.82) is 0 Å². The summed E-state index contributed by atoms with van der Waals surface area (Å²) in [6.07, 6.45) is -1.71. The molecule has 0 spiro atoms. The van der Waals surface area contributed by atoms with E-state index in [1.807, 2.05) is 13.8 Å². The van der Waals surface area contributed by atoms with Crippen LogP contribution in [0, 0.1) is 52.2 Å². The van der Waals surface area contributed by atoms with E-state index in [0.29, 0.717) is 12.8 Å². The Morgan fingerprint density at radius 3 is 2.33 bits per heavy atom. The molecular formula is C37H50F6O5. The quantitative estimate of drug-likeness (QED) is 0.201. The minimum Gasteiger partial charge on any atom is -0.496 e. The number of benzene rings is 1. The van der Waals surface area contributed by atoms with Gasteiger partial charge in [0.15, 0.2) is 5.79 Å². The van der Waals surface area contributed by atoms with Crippen molar-refractivity contribution in [3.05, 3.63) is 29.6 Å². The minimum absolute atomic E-state index is 0.000470. The zero-order chi connectivity index (χ0) is 35.0. The SMILES string of the molecule is COc1cccc(F)c1C(CCC[C@@H](C)[C@H]1CC[C@H]2[C@H]3[C@H](CC[C@]12C)[C@@]1(C)CC[C@@H]2OC(C)(C)O[C@@H]2[C@@H]1CC3(F)F)OC(=O)C(F)(F)F. The van der Waals surface area contributed by atoms with E-state index >= 15 is 8.78 Å². The van der Waals surface area contributed by atoms with Gasteiger partial charge in [0.25, 0.3) is 5.92 Å². The largest absolute Gasteiger partial charge is 0.496 e. The van der Waals surface area contributed by atoms with Crippen molar-refractivity contribution in [2.24, 2.45) is 46.3 Å². The average Bonchev–Trinajstić information content (AvgIpc) is 3.51. The van der Waals surface area contributed by atoms with Gasteiger partial charge >= 0.3 is 12.1 Å². The Hall–Kier alpha value is -2.01. The summed E-state index contributed by atoms with van der Waals surface area (Å²) < 4.78 is 110. The summed E-state index contributed by atoms with van der Waals surface area (Å²) >= 11 is 0. The van der Waals surface area contributed by atoms with Crippen molar-refractivity contribution in [3.63, 3.8) is 0 Å². The molecule has 0 radical (unpaired) electrons. The molecule has 5 fully saturated rings. The number of hydrogen-bond donors (Lipinski definition) is 0. The highest BCUT2D eigenvalue weighted by atomic mass is 19.4. The van der Waals surface area contributed by atoms with Gasteiger partial charge in [-0.15, -0.1) is 0 Å². The molecule has 1 unspecified atom stereocenters. The van der Waals surface area contributed by atoms with Crippen LogP contribution in [0.25, 0.3) is 0 Å². The molecule has 1 heterocycles. The van der Waals surface area contributed by atoms with Crippen LogP contribution in [-0.2, 0) is 19.0 Å². The van der Waals surface area contributed by atoms with Crippen LogP contribution in [0.2, 0.25) is 0 Å². The molecule has 48 heavy (non-hydrogen) atoms. The maximum absolute atomic E-state index is 16.5. The molecule has 0 amide bonds. The zero-order valence-corrected chi connectivity index (χ0v) is 28.8. The van der Waals surface area contributed by atoms with E-state index in [1.165, 1.54) is 19.2 Å². The maximum Gasteiger partial charge on any atom is 0.490 e. The number of rotatable bonds is 8. The summed E-state index contributed by atoms with van der Waals surface area (Å²) in [6, 6.07) is 3.87. The molecule has 11 atom stereocenters. The van der Waals surface area contributed by atoms with Crippen LogP contribution in [0.4, 0.5) is 26.3 Å². The maximum atomic E-state index is 16.5. The Bertz CT molecular complexity index is 1370. The van der Waals surface area contributed by atoms with Gasteiger partial charge in [-0.1, -0.05) is 33.3 Å². The van der Waals surface area contributed by atoms with E-state index in [-0.39, 0.29) is 76.8 Å². The molecule has 0 N–H and O–H groups in total. The lowest BCUT2D eigenvalue weighted by Crippen LogP contribution is -2.63. The van der Waals surface area contributed by atoms with Gasteiger partial charge in [-0.2, -0.15) is 13.2 Å². The molecule has 4 saturated carbocycles. The standard InChI is InChI=1S/C37H50F6O5/c1-20(9-7-12-27(46-32(44)37(41,42)43)29-25(38)10-8-11-26(29)45-6)21-13-14-22-30-23(15-17-34(21,22)4)35(5)18-16-28-31(48-33(2,3)47-28)24(35)19-36(30,39)40/h8,10-11,20-24,27-28,30-31H,7,9,12-19H2,1-6H3/t20-,21-,22+,23+,24+,27?,28+,30+,31-,34-,35-/m1/s1. The van der Waals surface area contributed by atoms with Crippen LogP contribution in [0.3, 0.4) is 0 Å². The molecule has 1 saturated heterocycles. The van der Waals surface area contributed by atoms with Crippen LogP contribution < -0.4 is 4.74 Å². The highest BCUT2D eigenvalue weighted by Crippen LogP contribution is 2.72. The number of esters is 1. The number of ether oxygens (including phenoxy) is 4. The molecule has 0 bridgehead atoms. The van der Waals surface area contributed by atoms with Gasteiger partial charge in [0.2, 0.25) is 0 Å². The van der Waals surface area contributed by atoms with E-state index in [2.05, 4.69) is 20.8 Å². The number of alkyl halides is 5. The second-order valence-corrected chi connectivity index (χ2v) is 16.4. The molecular weight excluding hydrogens is 638 g/mol. The third kappa shape index (κ3) is 6.04. The van der Waals surface area contributed by atoms with Crippen LogP contribution in [0.5, 0.6) is 5.75 Å². The highest BCUT2D eigenvalue weighted by Gasteiger charge is 2.70. The van der Waals surface area contributed by atoms with E-state index in [9.17, 15) is 22.4 Å². The van der Waals surface area contributed by atoms with Crippen molar-refractivity contribution in [2.75, 3.05) is 7.11 Å². The Kier molecular flexibility index (Phi) is 9.21. The Labute approximate surface area is 279 Å². The zero-order valence-electron chi connectivity index (χ0n) is 28.8. The first-order chi connectivity index (χ1) is 22.3. The molecule has 1 aliphatic heterocycles. The molecule has 0 aromatic heterocycles. The number of hydrogen-bond acceptors (Lipinski definition) is 5. The van der Waals surface area contributed by atoms with Crippen molar-refractivity contribution < 1.29 is 50.1 Å². The Morgan fingerprint density at radius 1 is 0.958 bits per heavy atom. The van der Waals surface area contributed by atoms with Crippen LogP contribution >= 0.6 is 0 Å². The first kappa shape index (κ1) is 35.8. The molecule has 11 heteroatoms. The topological polar surface area (TPSA) is 54.0 Å². The van der Waals surface area contributed by atoms with E-state index < -0.39 is 41.7 Å². The first-order valence-corrected chi connectivity index (χ1v) is 17.7. The molecule has 1 aromatic rings.